The normalized spacial score (nSPS) is 16.4. The Morgan fingerprint density at radius 2 is 2.12 bits per heavy atom. The van der Waals surface area contributed by atoms with Gasteiger partial charge < -0.3 is 10.4 Å². The lowest BCUT2D eigenvalue weighted by atomic mass is 9.93. The molecule has 3 heterocycles. The van der Waals surface area contributed by atoms with Gasteiger partial charge in [-0.2, -0.15) is 0 Å². The van der Waals surface area contributed by atoms with E-state index >= 15 is 0 Å². The highest BCUT2D eigenvalue weighted by atomic mass is 32.1. The molecule has 1 atom stereocenters. The third kappa shape index (κ3) is 2.75. The van der Waals surface area contributed by atoms with Crippen LogP contribution in [0.15, 0.2) is 41.8 Å². The number of carboxylic acid groups (broad SMARTS) is 1. The summed E-state index contributed by atoms with van der Waals surface area (Å²) in [6, 6.07) is 9.62. The molecular formula is C18H12FNO3S2. The number of carbonyl (C=O) groups excluding carboxylic acids is 1. The number of amides is 1. The minimum atomic E-state index is -1.09. The number of benzene rings is 1. The predicted molar refractivity (Wildman–Crippen MR) is 96.1 cm³/mol. The van der Waals surface area contributed by atoms with E-state index in [4.69, 9.17) is 0 Å². The third-order valence-corrected chi connectivity index (χ3v) is 6.38. The molecule has 2 N–H and O–H groups in total. The molecule has 3 aromatic rings. The third-order valence-electron chi connectivity index (χ3n) is 4.10. The Morgan fingerprint density at radius 3 is 2.80 bits per heavy atom. The molecule has 1 aliphatic heterocycles. The molecule has 126 valence electrons. The molecule has 0 fully saturated rings. The maximum absolute atomic E-state index is 13.7. The van der Waals surface area contributed by atoms with Crippen LogP contribution in [-0.4, -0.2) is 17.0 Å². The lowest BCUT2D eigenvalue weighted by Gasteiger charge is -2.22. The van der Waals surface area contributed by atoms with Crippen molar-refractivity contribution in [2.24, 2.45) is 0 Å². The first-order chi connectivity index (χ1) is 12.0. The predicted octanol–water partition coefficient (Wildman–Crippen LogP) is 4.79. The molecule has 0 bridgehead atoms. The van der Waals surface area contributed by atoms with Crippen LogP contribution in [0.5, 0.6) is 0 Å². The average Bonchev–Trinajstić information content (AvgIpc) is 3.21. The molecule has 0 spiro atoms. The van der Waals surface area contributed by atoms with E-state index in [1.807, 2.05) is 17.5 Å². The number of carbonyl (C=O) groups is 2. The summed E-state index contributed by atoms with van der Waals surface area (Å²) in [5.41, 5.74) is 1.31. The van der Waals surface area contributed by atoms with Crippen molar-refractivity contribution in [1.29, 1.82) is 0 Å². The summed E-state index contributed by atoms with van der Waals surface area (Å²) in [6.07, 6.45) is 0.273. The second-order valence-corrected chi connectivity index (χ2v) is 7.71. The smallest absolute Gasteiger partial charge is 0.346 e. The molecule has 4 rings (SSSR count). The molecule has 25 heavy (non-hydrogen) atoms. The fourth-order valence-electron chi connectivity index (χ4n) is 3.08. The summed E-state index contributed by atoms with van der Waals surface area (Å²) in [6.45, 7) is 0. The molecule has 0 saturated carbocycles. The monoisotopic (exact) mass is 373 g/mol. The van der Waals surface area contributed by atoms with Gasteiger partial charge in [-0.3, -0.25) is 4.79 Å². The second-order valence-electron chi connectivity index (χ2n) is 5.68. The van der Waals surface area contributed by atoms with Crippen molar-refractivity contribution < 1.29 is 19.1 Å². The molecule has 1 aliphatic rings. The molecule has 2 aromatic heterocycles. The number of hydrogen-bond donors (Lipinski definition) is 2. The van der Waals surface area contributed by atoms with E-state index in [-0.39, 0.29) is 23.1 Å². The Kier molecular flexibility index (Phi) is 3.89. The van der Waals surface area contributed by atoms with Crippen LogP contribution in [0.3, 0.4) is 0 Å². The van der Waals surface area contributed by atoms with E-state index in [0.717, 1.165) is 21.1 Å². The number of hydrogen-bond acceptors (Lipinski definition) is 4. The molecular weight excluding hydrogens is 361 g/mol. The molecule has 0 radical (unpaired) electrons. The van der Waals surface area contributed by atoms with Crippen molar-refractivity contribution in [3.8, 4) is 11.1 Å². The van der Waals surface area contributed by atoms with Crippen LogP contribution in [0.2, 0.25) is 0 Å². The van der Waals surface area contributed by atoms with Gasteiger partial charge in [-0.15, -0.1) is 22.7 Å². The zero-order chi connectivity index (χ0) is 17.6. The highest BCUT2D eigenvalue weighted by Gasteiger charge is 2.34. The number of aromatic carboxylic acids is 1. The maximum atomic E-state index is 13.7. The SMILES string of the molecule is O=C1C[C@@H](c2cccs2)c2sc(C(=O)O)c(-c3cccc(F)c3)c2N1. The van der Waals surface area contributed by atoms with Crippen LogP contribution >= 0.6 is 22.7 Å². The van der Waals surface area contributed by atoms with Gasteiger partial charge in [0.15, 0.2) is 0 Å². The largest absolute Gasteiger partial charge is 0.477 e. The van der Waals surface area contributed by atoms with Gasteiger partial charge in [0, 0.05) is 27.7 Å². The fraction of sp³-hybridized carbons (Fsp3) is 0.111. The maximum Gasteiger partial charge on any atom is 0.346 e. The van der Waals surface area contributed by atoms with E-state index in [2.05, 4.69) is 5.32 Å². The summed E-state index contributed by atoms with van der Waals surface area (Å²) >= 11 is 2.69. The van der Waals surface area contributed by atoms with Crippen LogP contribution < -0.4 is 5.32 Å². The fourth-order valence-corrected chi connectivity index (χ4v) is 5.22. The number of nitrogens with one attached hydrogen (secondary N) is 1. The molecule has 7 heteroatoms. The van der Waals surface area contributed by atoms with Gasteiger partial charge in [0.1, 0.15) is 10.7 Å². The van der Waals surface area contributed by atoms with Gasteiger partial charge >= 0.3 is 5.97 Å². The topological polar surface area (TPSA) is 66.4 Å². The van der Waals surface area contributed by atoms with Gasteiger partial charge in [0.05, 0.1) is 5.69 Å². The van der Waals surface area contributed by atoms with E-state index in [9.17, 15) is 19.1 Å². The van der Waals surface area contributed by atoms with Crippen LogP contribution in [0.25, 0.3) is 11.1 Å². The number of rotatable bonds is 3. The van der Waals surface area contributed by atoms with E-state index in [1.54, 1.807) is 6.07 Å². The summed E-state index contributed by atoms with van der Waals surface area (Å²) in [5.74, 6) is -1.88. The minimum Gasteiger partial charge on any atom is -0.477 e. The van der Waals surface area contributed by atoms with Crippen molar-refractivity contribution in [2.75, 3.05) is 5.32 Å². The highest BCUT2D eigenvalue weighted by Crippen LogP contribution is 2.50. The highest BCUT2D eigenvalue weighted by molar-refractivity contribution is 7.15. The van der Waals surface area contributed by atoms with Crippen LogP contribution in [0.4, 0.5) is 10.1 Å². The lowest BCUT2D eigenvalue weighted by molar-refractivity contribution is -0.116. The number of halogens is 1. The van der Waals surface area contributed by atoms with Gasteiger partial charge in [-0.1, -0.05) is 18.2 Å². The molecule has 1 amide bonds. The Hall–Kier alpha value is -2.51. The van der Waals surface area contributed by atoms with Gasteiger partial charge in [-0.25, -0.2) is 9.18 Å². The number of fused-ring (bicyclic) bond motifs is 1. The minimum absolute atomic E-state index is 0.111. The van der Waals surface area contributed by atoms with Crippen molar-refractivity contribution in [1.82, 2.24) is 0 Å². The first-order valence-electron chi connectivity index (χ1n) is 7.53. The Morgan fingerprint density at radius 1 is 1.28 bits per heavy atom. The van der Waals surface area contributed by atoms with Crippen LogP contribution in [0.1, 0.15) is 31.8 Å². The molecule has 0 unspecified atom stereocenters. The van der Waals surface area contributed by atoms with E-state index in [0.29, 0.717) is 16.8 Å². The molecule has 4 nitrogen and oxygen atoms in total. The Bertz CT molecular complexity index is 978. The van der Waals surface area contributed by atoms with Crippen molar-refractivity contribution in [2.45, 2.75) is 12.3 Å². The number of carboxylic acids is 1. The molecule has 0 saturated heterocycles. The average molecular weight is 373 g/mol. The summed E-state index contributed by atoms with van der Waals surface area (Å²) in [7, 11) is 0. The van der Waals surface area contributed by atoms with Gasteiger partial charge in [-0.05, 0) is 29.1 Å². The Balaban J connectivity index is 1.96. The number of anilines is 1. The van der Waals surface area contributed by atoms with E-state index < -0.39 is 11.8 Å². The van der Waals surface area contributed by atoms with Crippen LogP contribution in [-0.2, 0) is 4.79 Å². The molecule has 0 aliphatic carbocycles. The number of thiophene rings is 2. The molecule has 1 aromatic carbocycles. The Labute approximate surface area is 150 Å². The first-order valence-corrected chi connectivity index (χ1v) is 9.23. The zero-order valence-corrected chi connectivity index (χ0v) is 14.4. The lowest BCUT2D eigenvalue weighted by Crippen LogP contribution is -2.22. The standard InChI is InChI=1S/C18H12FNO3S2/c19-10-4-1-3-9(7-10)14-15-16(25-17(14)18(22)23)11(8-13(21)20-15)12-5-2-6-24-12/h1-7,11H,8H2,(H,20,21)(H,22,23)/t11-/m0/s1. The quantitative estimate of drug-likeness (QED) is 0.694. The van der Waals surface area contributed by atoms with Gasteiger partial charge in [0.2, 0.25) is 5.91 Å². The zero-order valence-electron chi connectivity index (χ0n) is 12.8. The second kappa shape index (κ2) is 6.09. The van der Waals surface area contributed by atoms with Crippen LogP contribution in [0, 0.1) is 5.82 Å². The van der Waals surface area contributed by atoms with E-state index in [1.165, 1.54) is 29.5 Å². The summed E-state index contributed by atoms with van der Waals surface area (Å²) in [5, 5.41) is 14.4. The van der Waals surface area contributed by atoms with Gasteiger partial charge in [0.25, 0.3) is 0 Å². The summed E-state index contributed by atoms with van der Waals surface area (Å²) in [4.78, 5) is 25.9. The first kappa shape index (κ1) is 16.0. The van der Waals surface area contributed by atoms with Crippen molar-refractivity contribution in [3.63, 3.8) is 0 Å². The summed E-state index contributed by atoms with van der Waals surface area (Å²) < 4.78 is 13.7. The van der Waals surface area contributed by atoms with Crippen molar-refractivity contribution in [3.05, 3.63) is 62.2 Å². The van der Waals surface area contributed by atoms with Crippen molar-refractivity contribution >= 4 is 40.2 Å².